The van der Waals surface area contributed by atoms with E-state index in [4.69, 9.17) is 9.84 Å². The summed E-state index contributed by atoms with van der Waals surface area (Å²) in [6.07, 6.45) is 2.89. The number of methoxy groups -OCH3 is 1. The molecule has 0 saturated carbocycles. The van der Waals surface area contributed by atoms with Crippen LogP contribution in [0.2, 0.25) is 0 Å². The van der Waals surface area contributed by atoms with Gasteiger partial charge >= 0.3 is 24.1 Å². The molecule has 0 aromatic carbocycles. The third-order valence-corrected chi connectivity index (χ3v) is 6.86. The van der Waals surface area contributed by atoms with Crippen LogP contribution in [-0.2, 0) is 23.9 Å². The predicted molar refractivity (Wildman–Crippen MR) is 115 cm³/mol. The lowest BCUT2D eigenvalue weighted by Gasteiger charge is -2.19. The van der Waals surface area contributed by atoms with Crippen molar-refractivity contribution in [2.45, 2.75) is 68.7 Å². The lowest BCUT2D eigenvalue weighted by atomic mass is 10.0. The Morgan fingerprint density at radius 1 is 1.16 bits per heavy atom. The van der Waals surface area contributed by atoms with E-state index < -0.39 is 18.1 Å². The number of carbonyl (C=O) groups excluding carboxylic acids is 4. The Balaban J connectivity index is 1.64. The molecule has 0 radical (unpaired) electrons. The highest BCUT2D eigenvalue weighted by atomic mass is 32.2. The van der Waals surface area contributed by atoms with Gasteiger partial charge in [-0.3, -0.25) is 14.4 Å². The van der Waals surface area contributed by atoms with Gasteiger partial charge in [0.2, 0.25) is 5.91 Å². The van der Waals surface area contributed by atoms with Gasteiger partial charge in [0.25, 0.3) is 0 Å². The van der Waals surface area contributed by atoms with Gasteiger partial charge in [0.15, 0.2) is 0 Å². The number of urea groups is 1. The van der Waals surface area contributed by atoms with Gasteiger partial charge < -0.3 is 25.2 Å². The molecule has 0 aromatic heterocycles. The normalized spacial score (nSPS) is 21.6. The Morgan fingerprint density at radius 3 is 2.66 bits per heavy atom. The Morgan fingerprint density at radius 2 is 1.94 bits per heavy atom. The first-order valence-electron chi connectivity index (χ1n) is 10.8. The van der Waals surface area contributed by atoms with Crippen molar-refractivity contribution < 1.29 is 38.6 Å². The van der Waals surface area contributed by atoms with Gasteiger partial charge in [-0.15, -0.1) is 0 Å². The second-order valence-corrected chi connectivity index (χ2v) is 8.94. The lowest BCUT2D eigenvalue weighted by molar-refractivity contribution is -0.141. The highest BCUT2D eigenvalue weighted by Gasteiger charge is 2.50. The van der Waals surface area contributed by atoms with Gasteiger partial charge in [-0.1, -0.05) is 6.42 Å². The maximum Gasteiger partial charge on any atom is 0.418 e. The van der Waals surface area contributed by atoms with Crippen molar-refractivity contribution in [1.29, 1.82) is 0 Å². The van der Waals surface area contributed by atoms with Crippen molar-refractivity contribution >= 4 is 41.7 Å². The van der Waals surface area contributed by atoms with E-state index in [2.05, 4.69) is 15.4 Å². The SMILES string of the molecule is COC(=O)CCCCC1SCC2C1NC(=O)N2C(=O)OCCCCNC(=O)CCC(=O)O. The van der Waals surface area contributed by atoms with E-state index in [1.54, 1.807) is 11.8 Å². The Hall–Kier alpha value is -2.50. The third kappa shape index (κ3) is 7.88. The number of fused-ring (bicyclic) bond motifs is 1. The van der Waals surface area contributed by atoms with E-state index in [0.29, 0.717) is 31.6 Å². The first kappa shape index (κ1) is 25.8. The molecule has 2 rings (SSSR count). The van der Waals surface area contributed by atoms with Gasteiger partial charge in [-0.25, -0.2) is 14.5 Å². The molecule has 0 aromatic rings. The fourth-order valence-corrected chi connectivity index (χ4v) is 5.25. The van der Waals surface area contributed by atoms with Crippen molar-refractivity contribution in [3.8, 4) is 0 Å². The molecule has 3 unspecified atom stereocenters. The maximum absolute atomic E-state index is 12.4. The summed E-state index contributed by atoms with van der Waals surface area (Å²) in [5.41, 5.74) is 0. The number of hydrogen-bond donors (Lipinski definition) is 3. The van der Waals surface area contributed by atoms with Gasteiger partial charge in [-0.2, -0.15) is 11.8 Å². The summed E-state index contributed by atoms with van der Waals surface area (Å²) in [6.45, 7) is 0.480. The summed E-state index contributed by atoms with van der Waals surface area (Å²) in [5, 5.41) is 14.2. The number of rotatable bonds is 13. The molecular weight excluding hydrogens is 442 g/mol. The molecule has 4 amide bonds. The molecule has 3 atom stereocenters. The average Bonchev–Trinajstić information content (AvgIpc) is 3.29. The molecule has 180 valence electrons. The van der Waals surface area contributed by atoms with Crippen LogP contribution < -0.4 is 10.6 Å². The number of amides is 4. The monoisotopic (exact) mass is 473 g/mol. The van der Waals surface area contributed by atoms with Crippen LogP contribution in [0, 0.1) is 0 Å². The number of ether oxygens (including phenoxy) is 2. The van der Waals surface area contributed by atoms with Crippen LogP contribution in [0.25, 0.3) is 0 Å². The molecule has 2 heterocycles. The number of esters is 1. The second kappa shape index (κ2) is 13.1. The molecular formula is C20H31N3O8S. The minimum atomic E-state index is -1.02. The molecule has 2 saturated heterocycles. The first-order valence-corrected chi connectivity index (χ1v) is 11.8. The highest BCUT2D eigenvalue weighted by Crippen LogP contribution is 2.37. The molecule has 0 bridgehead atoms. The number of hydrogen-bond acceptors (Lipinski definition) is 8. The largest absolute Gasteiger partial charge is 0.481 e. The van der Waals surface area contributed by atoms with E-state index >= 15 is 0 Å². The van der Waals surface area contributed by atoms with Gasteiger partial charge in [0.1, 0.15) is 0 Å². The van der Waals surface area contributed by atoms with Crippen LogP contribution in [0.1, 0.15) is 51.4 Å². The summed E-state index contributed by atoms with van der Waals surface area (Å²) >= 11 is 1.71. The first-order chi connectivity index (χ1) is 15.3. The highest BCUT2D eigenvalue weighted by molar-refractivity contribution is 8.00. The van der Waals surface area contributed by atoms with Crippen molar-refractivity contribution in [2.24, 2.45) is 0 Å². The molecule has 3 N–H and O–H groups in total. The number of carboxylic acid groups (broad SMARTS) is 1. The average molecular weight is 474 g/mol. The number of imide groups is 1. The fourth-order valence-electron chi connectivity index (χ4n) is 3.66. The minimum Gasteiger partial charge on any atom is -0.481 e. The summed E-state index contributed by atoms with van der Waals surface area (Å²) in [4.78, 5) is 58.9. The van der Waals surface area contributed by atoms with E-state index in [1.165, 1.54) is 7.11 Å². The number of aliphatic carboxylic acids is 1. The van der Waals surface area contributed by atoms with E-state index in [1.807, 2.05) is 0 Å². The van der Waals surface area contributed by atoms with Crippen LogP contribution in [-0.4, -0.2) is 83.3 Å². The standard InChI is InChI=1S/C20H31N3O8S/c1-30-17(27)7-3-2-6-14-18-13(12-32-14)23(19(28)22-18)20(29)31-11-5-4-10-21-15(24)8-9-16(25)26/h13-14,18H,2-12H2,1H3,(H,21,24)(H,22,28)(H,25,26). The fraction of sp³-hybridized carbons (Fsp3) is 0.750. The van der Waals surface area contributed by atoms with Crippen LogP contribution in [0.4, 0.5) is 9.59 Å². The molecule has 2 aliphatic rings. The van der Waals surface area contributed by atoms with Gasteiger partial charge in [-0.05, 0) is 25.7 Å². The Bertz CT molecular complexity index is 704. The molecule has 2 aliphatic heterocycles. The molecule has 0 aliphatic carbocycles. The summed E-state index contributed by atoms with van der Waals surface area (Å²) in [7, 11) is 1.37. The van der Waals surface area contributed by atoms with Crippen LogP contribution in [0.5, 0.6) is 0 Å². The molecule has 2 fully saturated rings. The summed E-state index contributed by atoms with van der Waals surface area (Å²) in [6, 6.07) is -0.825. The smallest absolute Gasteiger partial charge is 0.418 e. The number of unbranched alkanes of at least 4 members (excludes halogenated alkanes) is 2. The zero-order chi connectivity index (χ0) is 23.5. The van der Waals surface area contributed by atoms with Crippen molar-refractivity contribution in [2.75, 3.05) is 26.0 Å². The van der Waals surface area contributed by atoms with Crippen LogP contribution in [0.3, 0.4) is 0 Å². The maximum atomic E-state index is 12.4. The summed E-state index contributed by atoms with van der Waals surface area (Å²) < 4.78 is 9.87. The molecule has 0 spiro atoms. The zero-order valence-electron chi connectivity index (χ0n) is 18.2. The minimum absolute atomic E-state index is 0.0682. The molecule has 11 nitrogen and oxygen atoms in total. The number of thioether (sulfide) groups is 1. The quantitative estimate of drug-likeness (QED) is 0.205. The summed E-state index contributed by atoms with van der Waals surface area (Å²) in [5.74, 6) is -0.943. The number of carbonyl (C=O) groups is 5. The predicted octanol–water partition coefficient (Wildman–Crippen LogP) is 1.50. The molecule has 12 heteroatoms. The van der Waals surface area contributed by atoms with Crippen LogP contribution in [0.15, 0.2) is 0 Å². The number of carboxylic acids is 1. The lowest BCUT2D eigenvalue weighted by Crippen LogP contribution is -2.42. The second-order valence-electron chi connectivity index (χ2n) is 7.67. The Kier molecular flexibility index (Phi) is 10.6. The Labute approximate surface area is 190 Å². The van der Waals surface area contributed by atoms with Crippen molar-refractivity contribution in [3.05, 3.63) is 0 Å². The van der Waals surface area contributed by atoms with E-state index in [9.17, 15) is 24.0 Å². The van der Waals surface area contributed by atoms with E-state index in [-0.39, 0.29) is 48.7 Å². The van der Waals surface area contributed by atoms with Crippen molar-refractivity contribution in [1.82, 2.24) is 15.5 Å². The van der Waals surface area contributed by atoms with Gasteiger partial charge in [0.05, 0.1) is 32.2 Å². The number of nitrogens with one attached hydrogen (secondary N) is 2. The van der Waals surface area contributed by atoms with Crippen molar-refractivity contribution in [3.63, 3.8) is 0 Å². The van der Waals surface area contributed by atoms with Crippen LogP contribution >= 0.6 is 11.8 Å². The zero-order valence-corrected chi connectivity index (χ0v) is 19.0. The third-order valence-electron chi connectivity index (χ3n) is 5.37. The number of nitrogens with zero attached hydrogens (tertiary/aromatic N) is 1. The van der Waals surface area contributed by atoms with Gasteiger partial charge in [0, 0.05) is 30.4 Å². The van der Waals surface area contributed by atoms with E-state index in [0.717, 1.165) is 24.2 Å². The molecule has 32 heavy (non-hydrogen) atoms. The topological polar surface area (TPSA) is 151 Å².